The number of carbonyl (C=O) groups is 1. The molecule has 0 aliphatic carbocycles. The molecule has 3 rings (SSSR count). The van der Waals surface area contributed by atoms with Gasteiger partial charge in [0.15, 0.2) is 0 Å². The van der Waals surface area contributed by atoms with Crippen molar-refractivity contribution in [1.82, 2.24) is 9.80 Å². The van der Waals surface area contributed by atoms with Gasteiger partial charge in [0.05, 0.1) is 19.1 Å². The maximum atomic E-state index is 12.7. The molecular weight excluding hydrogens is 350 g/mol. The predicted octanol–water partition coefficient (Wildman–Crippen LogP) is 3.35. The number of aryl methyl sites for hydroxylation is 1. The van der Waals surface area contributed by atoms with E-state index in [4.69, 9.17) is 4.74 Å². The molecule has 2 aromatic carbocycles. The molecule has 1 unspecified atom stereocenters. The Labute approximate surface area is 167 Å². The molecule has 0 bridgehead atoms. The van der Waals surface area contributed by atoms with E-state index in [1.165, 1.54) is 0 Å². The average Bonchev–Trinajstić information content (AvgIpc) is 2.72. The van der Waals surface area contributed by atoms with Crippen molar-refractivity contribution in [3.8, 4) is 11.8 Å². The minimum Gasteiger partial charge on any atom is -0.494 e. The molecule has 1 aliphatic heterocycles. The summed E-state index contributed by atoms with van der Waals surface area (Å²) in [6, 6.07) is 17.9. The predicted molar refractivity (Wildman–Crippen MR) is 109 cm³/mol. The molecule has 5 nitrogen and oxygen atoms in total. The van der Waals surface area contributed by atoms with Crippen LogP contribution >= 0.6 is 0 Å². The van der Waals surface area contributed by atoms with E-state index < -0.39 is 0 Å². The number of carbonyl (C=O) groups excluding carboxylic acids is 1. The zero-order chi connectivity index (χ0) is 19.9. The molecule has 1 heterocycles. The standard InChI is InChI=1S/C23H27N3O2/c1-3-28-20-10-8-19(9-11-20)16-23(27)26-14-12-25(13-15-26)22(17-24)21-7-5-4-6-18(21)2/h4-11,22H,3,12-16H2,1-2H3. The van der Waals surface area contributed by atoms with Gasteiger partial charge in [-0.25, -0.2) is 0 Å². The topological polar surface area (TPSA) is 56.6 Å². The molecule has 1 saturated heterocycles. The molecule has 2 aromatic rings. The number of benzene rings is 2. The smallest absolute Gasteiger partial charge is 0.227 e. The molecule has 1 amide bonds. The van der Waals surface area contributed by atoms with Crippen LogP contribution in [0.2, 0.25) is 0 Å². The van der Waals surface area contributed by atoms with Crippen molar-refractivity contribution in [2.75, 3.05) is 32.8 Å². The molecule has 0 N–H and O–H groups in total. The first-order valence-corrected chi connectivity index (χ1v) is 9.81. The highest BCUT2D eigenvalue weighted by atomic mass is 16.5. The number of nitrogens with zero attached hydrogens (tertiary/aromatic N) is 3. The third-order valence-electron chi connectivity index (χ3n) is 5.23. The van der Waals surface area contributed by atoms with Gasteiger partial charge in [-0.05, 0) is 42.7 Å². The Kier molecular flexibility index (Phi) is 6.67. The monoisotopic (exact) mass is 377 g/mol. The van der Waals surface area contributed by atoms with Crippen LogP contribution in [0.5, 0.6) is 5.75 Å². The van der Waals surface area contributed by atoms with Gasteiger partial charge in [0.2, 0.25) is 5.91 Å². The summed E-state index contributed by atoms with van der Waals surface area (Å²) in [5.74, 6) is 0.958. The van der Waals surface area contributed by atoms with Crippen molar-refractivity contribution in [3.63, 3.8) is 0 Å². The van der Waals surface area contributed by atoms with Crippen LogP contribution in [0.4, 0.5) is 0 Å². The van der Waals surface area contributed by atoms with Crippen LogP contribution in [0, 0.1) is 18.3 Å². The van der Waals surface area contributed by atoms with Crippen molar-refractivity contribution >= 4 is 5.91 Å². The third kappa shape index (κ3) is 4.71. The lowest BCUT2D eigenvalue weighted by Gasteiger charge is -2.37. The summed E-state index contributed by atoms with van der Waals surface area (Å²) in [7, 11) is 0. The molecule has 0 radical (unpaired) electrons. The number of rotatable bonds is 6. The van der Waals surface area contributed by atoms with E-state index in [1.807, 2.05) is 67.3 Å². The van der Waals surface area contributed by atoms with E-state index in [0.29, 0.717) is 39.2 Å². The summed E-state index contributed by atoms with van der Waals surface area (Å²) in [6.07, 6.45) is 0.395. The molecule has 5 heteroatoms. The summed E-state index contributed by atoms with van der Waals surface area (Å²) < 4.78 is 5.44. The van der Waals surface area contributed by atoms with Crippen LogP contribution < -0.4 is 4.74 Å². The number of ether oxygens (including phenoxy) is 1. The molecule has 1 fully saturated rings. The van der Waals surface area contributed by atoms with Gasteiger partial charge in [-0.1, -0.05) is 36.4 Å². The maximum absolute atomic E-state index is 12.7. The normalized spacial score (nSPS) is 15.7. The Morgan fingerprint density at radius 3 is 2.39 bits per heavy atom. The first-order valence-electron chi connectivity index (χ1n) is 9.81. The van der Waals surface area contributed by atoms with Gasteiger partial charge < -0.3 is 9.64 Å². The average molecular weight is 377 g/mol. The number of nitriles is 1. The second-order valence-electron chi connectivity index (χ2n) is 7.06. The fourth-order valence-electron chi connectivity index (χ4n) is 3.63. The highest BCUT2D eigenvalue weighted by Gasteiger charge is 2.27. The van der Waals surface area contributed by atoms with Gasteiger partial charge in [-0.2, -0.15) is 5.26 Å². The molecule has 0 spiro atoms. The quantitative estimate of drug-likeness (QED) is 0.775. The molecule has 1 atom stereocenters. The third-order valence-corrected chi connectivity index (χ3v) is 5.23. The van der Waals surface area contributed by atoms with Crippen molar-refractivity contribution in [3.05, 3.63) is 65.2 Å². The highest BCUT2D eigenvalue weighted by molar-refractivity contribution is 5.79. The number of amides is 1. The van der Waals surface area contributed by atoms with Crippen molar-refractivity contribution in [2.24, 2.45) is 0 Å². The molecule has 28 heavy (non-hydrogen) atoms. The fourth-order valence-corrected chi connectivity index (χ4v) is 3.63. The summed E-state index contributed by atoms with van der Waals surface area (Å²) in [4.78, 5) is 16.7. The van der Waals surface area contributed by atoms with Gasteiger partial charge in [-0.15, -0.1) is 0 Å². The van der Waals surface area contributed by atoms with Crippen LogP contribution in [0.25, 0.3) is 0 Å². The lowest BCUT2D eigenvalue weighted by molar-refractivity contribution is -0.132. The Bertz CT molecular complexity index is 834. The fraction of sp³-hybridized carbons (Fsp3) is 0.391. The maximum Gasteiger partial charge on any atom is 0.227 e. The van der Waals surface area contributed by atoms with Gasteiger partial charge in [0, 0.05) is 26.2 Å². The minimum absolute atomic E-state index is 0.133. The first kappa shape index (κ1) is 19.9. The Morgan fingerprint density at radius 1 is 1.11 bits per heavy atom. The van der Waals surface area contributed by atoms with E-state index in [9.17, 15) is 10.1 Å². The van der Waals surface area contributed by atoms with E-state index in [2.05, 4.69) is 11.0 Å². The summed E-state index contributed by atoms with van der Waals surface area (Å²) in [6.45, 7) is 7.35. The highest BCUT2D eigenvalue weighted by Crippen LogP contribution is 2.24. The number of hydrogen-bond donors (Lipinski definition) is 0. The van der Waals surface area contributed by atoms with Crippen LogP contribution in [0.15, 0.2) is 48.5 Å². The Hall–Kier alpha value is -2.84. The van der Waals surface area contributed by atoms with E-state index in [1.54, 1.807) is 0 Å². The molecular formula is C23H27N3O2. The Morgan fingerprint density at radius 2 is 1.79 bits per heavy atom. The van der Waals surface area contributed by atoms with Gasteiger partial charge in [0.25, 0.3) is 0 Å². The van der Waals surface area contributed by atoms with Gasteiger partial charge in [0.1, 0.15) is 11.8 Å². The van der Waals surface area contributed by atoms with Gasteiger partial charge >= 0.3 is 0 Å². The number of piperazine rings is 1. The molecule has 146 valence electrons. The van der Waals surface area contributed by atoms with E-state index in [-0.39, 0.29) is 11.9 Å². The second kappa shape index (κ2) is 9.38. The first-order chi connectivity index (χ1) is 13.6. The Balaban J connectivity index is 1.56. The largest absolute Gasteiger partial charge is 0.494 e. The van der Waals surface area contributed by atoms with E-state index in [0.717, 1.165) is 22.4 Å². The SMILES string of the molecule is CCOc1ccc(CC(=O)N2CCN(C(C#N)c3ccccc3C)CC2)cc1. The van der Waals surface area contributed by atoms with Crippen molar-refractivity contribution in [1.29, 1.82) is 5.26 Å². The second-order valence-corrected chi connectivity index (χ2v) is 7.06. The van der Waals surface area contributed by atoms with Gasteiger partial charge in [-0.3, -0.25) is 9.69 Å². The lowest BCUT2D eigenvalue weighted by atomic mass is 10.0. The number of hydrogen-bond acceptors (Lipinski definition) is 4. The van der Waals surface area contributed by atoms with E-state index >= 15 is 0 Å². The van der Waals surface area contributed by atoms with Crippen LogP contribution in [-0.4, -0.2) is 48.5 Å². The van der Waals surface area contributed by atoms with Crippen LogP contribution in [-0.2, 0) is 11.2 Å². The minimum atomic E-state index is -0.260. The summed E-state index contributed by atoms with van der Waals surface area (Å²) >= 11 is 0. The zero-order valence-electron chi connectivity index (χ0n) is 16.6. The zero-order valence-corrected chi connectivity index (χ0v) is 16.6. The summed E-state index contributed by atoms with van der Waals surface area (Å²) in [5.41, 5.74) is 3.17. The summed E-state index contributed by atoms with van der Waals surface area (Å²) in [5, 5.41) is 9.70. The van der Waals surface area contributed by atoms with Crippen LogP contribution in [0.1, 0.15) is 29.7 Å². The molecule has 1 aliphatic rings. The van der Waals surface area contributed by atoms with Crippen molar-refractivity contribution in [2.45, 2.75) is 26.3 Å². The van der Waals surface area contributed by atoms with Crippen LogP contribution in [0.3, 0.4) is 0 Å². The lowest BCUT2D eigenvalue weighted by Crippen LogP contribution is -2.50. The molecule has 0 aromatic heterocycles. The molecule has 0 saturated carbocycles. The van der Waals surface area contributed by atoms with Crippen molar-refractivity contribution < 1.29 is 9.53 Å².